The van der Waals surface area contributed by atoms with E-state index in [9.17, 15) is 13.6 Å². The number of thioether (sulfide) groups is 1. The Morgan fingerprint density at radius 1 is 1.19 bits per heavy atom. The molecule has 8 heteroatoms. The van der Waals surface area contributed by atoms with Gasteiger partial charge in [-0.25, -0.2) is 18.6 Å². The number of aromatic nitrogens is 1. The average molecular weight is 525 g/mol. The van der Waals surface area contributed by atoms with E-state index in [1.54, 1.807) is 44.7 Å². The first-order chi connectivity index (χ1) is 14.8. The monoisotopic (exact) mass is 524 g/mol. The highest BCUT2D eigenvalue weighted by molar-refractivity contribution is 9.10. The van der Waals surface area contributed by atoms with Gasteiger partial charge in [0.15, 0.2) is 0 Å². The highest BCUT2D eigenvalue weighted by Gasteiger charge is 2.24. The summed E-state index contributed by atoms with van der Waals surface area (Å²) in [6.07, 6.45) is 1.42. The molecule has 0 saturated heterocycles. The first-order valence-electron chi connectivity index (χ1n) is 9.97. The van der Waals surface area contributed by atoms with Gasteiger partial charge in [-0.05, 0) is 99.0 Å². The highest BCUT2D eigenvalue weighted by Crippen LogP contribution is 2.27. The summed E-state index contributed by atoms with van der Waals surface area (Å²) in [6, 6.07) is 6.10. The van der Waals surface area contributed by atoms with Crippen LogP contribution in [0.25, 0.3) is 0 Å². The molecule has 32 heavy (non-hydrogen) atoms. The van der Waals surface area contributed by atoms with Gasteiger partial charge in [-0.3, -0.25) is 0 Å². The van der Waals surface area contributed by atoms with Crippen LogP contribution in [0.15, 0.2) is 34.8 Å². The lowest BCUT2D eigenvalue weighted by atomic mass is 10.0. The van der Waals surface area contributed by atoms with Gasteiger partial charge < -0.3 is 10.1 Å². The number of hydrogen-bond donors (Lipinski definition) is 1. The zero-order valence-electron chi connectivity index (χ0n) is 19.0. The third-order valence-corrected chi connectivity index (χ3v) is 6.05. The van der Waals surface area contributed by atoms with Gasteiger partial charge >= 0.3 is 6.09 Å². The summed E-state index contributed by atoms with van der Waals surface area (Å²) in [6.45, 7) is 9.27. The van der Waals surface area contributed by atoms with Crippen LogP contribution in [-0.4, -0.2) is 27.7 Å². The molecule has 0 aliphatic carbocycles. The molecule has 0 aliphatic rings. The van der Waals surface area contributed by atoms with Crippen molar-refractivity contribution in [3.05, 3.63) is 63.4 Å². The molecule has 1 heterocycles. The van der Waals surface area contributed by atoms with E-state index in [2.05, 4.69) is 38.1 Å². The standard InChI is InChI=1S/C24H27BrF2N2O2S/c1-23(2,3)31-22(30)29-20(13-15-11-16(26)14-17(27)12-15)21-19(25)8-7-18(28-21)9-10-24(4,5)32-6/h7-8,11-12,14,20H,13H2,1-6H3,(H,29,30). The molecule has 1 unspecified atom stereocenters. The number of hydrogen-bond acceptors (Lipinski definition) is 4. The van der Waals surface area contributed by atoms with Crippen LogP contribution in [0.3, 0.4) is 0 Å². The van der Waals surface area contributed by atoms with Crippen LogP contribution >= 0.6 is 27.7 Å². The maximum absolute atomic E-state index is 13.8. The largest absolute Gasteiger partial charge is 0.444 e. The van der Waals surface area contributed by atoms with Gasteiger partial charge in [0.1, 0.15) is 22.9 Å². The van der Waals surface area contributed by atoms with Gasteiger partial charge in [-0.2, -0.15) is 0 Å². The molecule has 1 atom stereocenters. The van der Waals surface area contributed by atoms with Crippen molar-refractivity contribution in [1.29, 1.82) is 0 Å². The first kappa shape index (κ1) is 26.1. The van der Waals surface area contributed by atoms with Crippen LogP contribution in [0.2, 0.25) is 0 Å². The lowest BCUT2D eigenvalue weighted by Crippen LogP contribution is -2.36. The first-order valence-corrected chi connectivity index (χ1v) is 12.0. The van der Waals surface area contributed by atoms with E-state index in [1.807, 2.05) is 20.1 Å². The second kappa shape index (κ2) is 10.7. The van der Waals surface area contributed by atoms with E-state index in [-0.39, 0.29) is 11.2 Å². The van der Waals surface area contributed by atoms with Gasteiger partial charge in [0.2, 0.25) is 0 Å². The molecule has 0 radical (unpaired) electrons. The van der Waals surface area contributed by atoms with E-state index in [4.69, 9.17) is 4.74 Å². The predicted octanol–water partition coefficient (Wildman–Crippen LogP) is 6.42. The fourth-order valence-corrected chi connectivity index (χ4v) is 3.32. The van der Waals surface area contributed by atoms with Crippen molar-refractivity contribution in [1.82, 2.24) is 10.3 Å². The summed E-state index contributed by atoms with van der Waals surface area (Å²) >= 11 is 5.10. The number of nitrogens with zero attached hydrogens (tertiary/aromatic N) is 1. The molecule has 0 aliphatic heterocycles. The van der Waals surface area contributed by atoms with Crippen molar-refractivity contribution >= 4 is 33.8 Å². The van der Waals surface area contributed by atoms with E-state index >= 15 is 0 Å². The highest BCUT2D eigenvalue weighted by atomic mass is 79.9. The number of ether oxygens (including phenoxy) is 1. The fourth-order valence-electron chi connectivity index (χ4n) is 2.67. The third-order valence-electron chi connectivity index (χ3n) is 4.26. The Labute approximate surface area is 201 Å². The predicted molar refractivity (Wildman–Crippen MR) is 129 cm³/mol. The number of alkyl carbamates (subject to hydrolysis) is 1. The smallest absolute Gasteiger partial charge is 0.408 e. The van der Waals surface area contributed by atoms with Crippen LogP contribution in [0.1, 0.15) is 57.6 Å². The molecule has 2 rings (SSSR count). The molecular weight excluding hydrogens is 498 g/mol. The van der Waals surface area contributed by atoms with Crippen LogP contribution in [0, 0.1) is 23.5 Å². The van der Waals surface area contributed by atoms with Crippen LogP contribution < -0.4 is 5.32 Å². The Hall–Kier alpha value is -2.11. The van der Waals surface area contributed by atoms with E-state index < -0.39 is 29.4 Å². The Morgan fingerprint density at radius 3 is 2.38 bits per heavy atom. The minimum Gasteiger partial charge on any atom is -0.444 e. The zero-order valence-corrected chi connectivity index (χ0v) is 21.4. The summed E-state index contributed by atoms with van der Waals surface area (Å²) in [5.41, 5.74) is 0.666. The summed E-state index contributed by atoms with van der Waals surface area (Å²) < 4.78 is 33.3. The van der Waals surface area contributed by atoms with Gasteiger partial charge in [-0.1, -0.05) is 5.92 Å². The second-order valence-corrected chi connectivity index (χ2v) is 11.0. The molecule has 0 spiro atoms. The summed E-state index contributed by atoms with van der Waals surface area (Å²) in [5.74, 6) is 4.85. The zero-order chi connectivity index (χ0) is 24.1. The van der Waals surface area contributed by atoms with Crippen molar-refractivity contribution in [2.45, 2.75) is 57.4 Å². The molecular formula is C24H27BrF2N2O2S. The Bertz CT molecular complexity index is 1020. The topological polar surface area (TPSA) is 51.2 Å². The number of carbonyl (C=O) groups is 1. The Balaban J connectivity index is 2.45. The van der Waals surface area contributed by atoms with Gasteiger partial charge in [0, 0.05) is 10.5 Å². The fraction of sp³-hybridized carbons (Fsp3) is 0.417. The minimum absolute atomic E-state index is 0.104. The number of carbonyl (C=O) groups excluding carboxylic acids is 1. The van der Waals surface area contributed by atoms with Gasteiger partial charge in [-0.15, -0.1) is 11.8 Å². The number of nitrogens with one attached hydrogen (secondary N) is 1. The lowest BCUT2D eigenvalue weighted by molar-refractivity contribution is 0.0502. The van der Waals surface area contributed by atoms with E-state index in [0.29, 0.717) is 21.4 Å². The molecule has 1 N–H and O–H groups in total. The van der Waals surface area contributed by atoms with Crippen molar-refractivity contribution in [3.63, 3.8) is 0 Å². The molecule has 1 amide bonds. The molecule has 2 aromatic rings. The summed E-state index contributed by atoms with van der Waals surface area (Å²) in [7, 11) is 0. The molecule has 0 saturated carbocycles. The minimum atomic E-state index is -0.712. The van der Waals surface area contributed by atoms with Crippen molar-refractivity contribution in [3.8, 4) is 11.8 Å². The Kier molecular flexibility index (Phi) is 8.72. The number of amides is 1. The number of rotatable bonds is 5. The molecule has 4 nitrogen and oxygen atoms in total. The number of halogens is 3. The van der Waals surface area contributed by atoms with E-state index in [1.165, 1.54) is 12.1 Å². The van der Waals surface area contributed by atoms with Crippen LogP contribution in [0.5, 0.6) is 0 Å². The normalized spacial score (nSPS) is 12.5. The summed E-state index contributed by atoms with van der Waals surface area (Å²) in [5, 5.41) is 2.78. The molecule has 1 aromatic heterocycles. The number of pyridine rings is 1. The molecule has 1 aromatic carbocycles. The molecule has 0 fully saturated rings. The van der Waals surface area contributed by atoms with Gasteiger partial charge in [0.25, 0.3) is 0 Å². The van der Waals surface area contributed by atoms with Crippen LogP contribution in [-0.2, 0) is 11.2 Å². The Morgan fingerprint density at radius 2 is 1.81 bits per heavy atom. The maximum Gasteiger partial charge on any atom is 0.408 e. The summed E-state index contributed by atoms with van der Waals surface area (Å²) in [4.78, 5) is 17.1. The third kappa shape index (κ3) is 8.44. The van der Waals surface area contributed by atoms with Crippen LogP contribution in [0.4, 0.5) is 13.6 Å². The van der Waals surface area contributed by atoms with E-state index in [0.717, 1.165) is 6.07 Å². The lowest BCUT2D eigenvalue weighted by Gasteiger charge is -2.24. The van der Waals surface area contributed by atoms with Gasteiger partial charge in [0.05, 0.1) is 16.5 Å². The molecule has 0 bridgehead atoms. The SMILES string of the molecule is CSC(C)(C)C#Cc1ccc(Br)c(C(Cc2cc(F)cc(F)c2)NC(=O)OC(C)(C)C)n1. The van der Waals surface area contributed by atoms with Crippen molar-refractivity contribution in [2.75, 3.05) is 6.26 Å². The maximum atomic E-state index is 13.8. The van der Waals surface area contributed by atoms with Crippen molar-refractivity contribution < 1.29 is 18.3 Å². The van der Waals surface area contributed by atoms with Crippen molar-refractivity contribution in [2.24, 2.45) is 0 Å². The number of benzene rings is 1. The molecule has 172 valence electrons. The average Bonchev–Trinajstić information content (AvgIpc) is 2.64. The quantitative estimate of drug-likeness (QED) is 0.458. The second-order valence-electron chi connectivity index (χ2n) is 8.71.